The van der Waals surface area contributed by atoms with Crippen LogP contribution in [0.4, 0.5) is 5.69 Å². The maximum atomic E-state index is 11.3. The van der Waals surface area contributed by atoms with E-state index in [0.717, 1.165) is 13.2 Å². The first-order valence-corrected chi connectivity index (χ1v) is 4.78. The molecule has 7 heteroatoms. The molecule has 0 aliphatic heterocycles. The summed E-state index contributed by atoms with van der Waals surface area (Å²) in [6, 6.07) is 5.43. The summed E-state index contributed by atoms with van der Waals surface area (Å²) in [4.78, 5) is 32.3. The van der Waals surface area contributed by atoms with E-state index in [1.165, 1.54) is 12.1 Å². The molecule has 0 aliphatic carbocycles. The minimum Gasteiger partial charge on any atom is -0.463 e. The fourth-order valence-corrected chi connectivity index (χ4v) is 1.31. The summed E-state index contributed by atoms with van der Waals surface area (Å²) >= 11 is 0. The normalized spacial score (nSPS) is 9.33. The predicted octanol–water partition coefficient (Wildman–Crippen LogP) is 0.751. The highest BCUT2D eigenvalue weighted by Gasteiger charge is 2.21. The first-order chi connectivity index (χ1) is 8.49. The number of rotatable bonds is 4. The number of Topliss-reactive ketones (excluding diaryl/α,β-unsaturated/α-hetero) is 1. The standard InChI is InChI=1S/C11H8N2O5/c1-18-11(15)10(14)5-8-3-2-7(6-12)4-9(8)13(16)17/h2-4H,5H2,1H3. The van der Waals surface area contributed by atoms with E-state index in [-0.39, 0.29) is 16.8 Å². The number of carbonyl (C=O) groups is 2. The Hall–Kier alpha value is -2.75. The number of ether oxygens (including phenoxy) is 1. The Morgan fingerprint density at radius 2 is 2.17 bits per heavy atom. The van der Waals surface area contributed by atoms with E-state index in [2.05, 4.69) is 4.74 Å². The number of ketones is 1. The average Bonchev–Trinajstić information content (AvgIpc) is 2.37. The van der Waals surface area contributed by atoms with E-state index in [0.29, 0.717) is 0 Å². The summed E-state index contributed by atoms with van der Waals surface area (Å²) in [5.74, 6) is -1.95. The van der Waals surface area contributed by atoms with Gasteiger partial charge in [0.05, 0.1) is 23.7 Å². The number of hydrogen-bond acceptors (Lipinski definition) is 6. The van der Waals surface area contributed by atoms with Crippen LogP contribution in [-0.2, 0) is 20.7 Å². The molecule has 0 spiro atoms. The second-order valence-electron chi connectivity index (χ2n) is 3.30. The second kappa shape index (κ2) is 5.54. The number of benzene rings is 1. The van der Waals surface area contributed by atoms with Gasteiger partial charge in [0, 0.05) is 18.1 Å². The molecule has 0 saturated carbocycles. The zero-order chi connectivity index (χ0) is 13.7. The zero-order valence-corrected chi connectivity index (χ0v) is 9.37. The highest BCUT2D eigenvalue weighted by molar-refractivity contribution is 6.34. The van der Waals surface area contributed by atoms with Crippen molar-refractivity contribution in [3.8, 4) is 6.07 Å². The van der Waals surface area contributed by atoms with E-state index >= 15 is 0 Å². The predicted molar refractivity (Wildman–Crippen MR) is 58.5 cm³/mol. The molecule has 0 radical (unpaired) electrons. The topological polar surface area (TPSA) is 110 Å². The van der Waals surface area contributed by atoms with Crippen LogP contribution >= 0.6 is 0 Å². The van der Waals surface area contributed by atoms with Crippen LogP contribution in [0.1, 0.15) is 11.1 Å². The van der Waals surface area contributed by atoms with Gasteiger partial charge in [-0.25, -0.2) is 4.79 Å². The van der Waals surface area contributed by atoms with Crippen LogP contribution in [0.25, 0.3) is 0 Å². The minimum absolute atomic E-state index is 0.0643. The van der Waals surface area contributed by atoms with Crippen LogP contribution in [0.5, 0.6) is 0 Å². The summed E-state index contributed by atoms with van der Waals surface area (Å²) < 4.78 is 4.22. The van der Waals surface area contributed by atoms with Crippen molar-refractivity contribution in [1.29, 1.82) is 5.26 Å². The van der Waals surface area contributed by atoms with Gasteiger partial charge in [-0.05, 0) is 6.07 Å². The third kappa shape index (κ3) is 2.89. The highest BCUT2D eigenvalue weighted by atomic mass is 16.6. The number of hydrogen-bond donors (Lipinski definition) is 0. The number of nitro benzene ring substituents is 1. The largest absolute Gasteiger partial charge is 0.463 e. The van der Waals surface area contributed by atoms with Crippen molar-refractivity contribution in [3.63, 3.8) is 0 Å². The summed E-state index contributed by atoms with van der Waals surface area (Å²) in [6.45, 7) is 0. The Bertz CT molecular complexity index is 559. The molecular formula is C11H8N2O5. The zero-order valence-electron chi connectivity index (χ0n) is 9.37. The quantitative estimate of drug-likeness (QED) is 0.336. The molecule has 0 heterocycles. The van der Waals surface area contributed by atoms with Gasteiger partial charge in [0.25, 0.3) is 5.69 Å². The molecule has 0 aliphatic rings. The van der Waals surface area contributed by atoms with E-state index in [9.17, 15) is 19.7 Å². The Morgan fingerprint density at radius 1 is 1.50 bits per heavy atom. The molecule has 0 unspecified atom stereocenters. The number of nitrogens with zero attached hydrogens (tertiary/aromatic N) is 2. The molecule has 0 atom stereocenters. The highest BCUT2D eigenvalue weighted by Crippen LogP contribution is 2.20. The van der Waals surface area contributed by atoms with Crippen LogP contribution in [-0.4, -0.2) is 23.8 Å². The van der Waals surface area contributed by atoms with Gasteiger partial charge < -0.3 is 4.74 Å². The van der Waals surface area contributed by atoms with Crippen LogP contribution in [0.2, 0.25) is 0 Å². The lowest BCUT2D eigenvalue weighted by molar-refractivity contribution is -0.385. The lowest BCUT2D eigenvalue weighted by atomic mass is 10.0. The first kappa shape index (κ1) is 13.3. The van der Waals surface area contributed by atoms with Gasteiger partial charge in [-0.15, -0.1) is 0 Å². The van der Waals surface area contributed by atoms with Crippen LogP contribution in [0.3, 0.4) is 0 Å². The van der Waals surface area contributed by atoms with Gasteiger partial charge in [0.1, 0.15) is 0 Å². The van der Waals surface area contributed by atoms with E-state index in [1.807, 2.05) is 0 Å². The third-order valence-electron chi connectivity index (χ3n) is 2.18. The smallest absolute Gasteiger partial charge is 0.374 e. The molecule has 0 saturated heterocycles. The number of carbonyl (C=O) groups excluding carboxylic acids is 2. The van der Waals surface area contributed by atoms with Crippen molar-refractivity contribution in [1.82, 2.24) is 0 Å². The molecule has 0 N–H and O–H groups in total. The Morgan fingerprint density at radius 3 is 2.67 bits per heavy atom. The number of esters is 1. The van der Waals surface area contributed by atoms with E-state index < -0.39 is 23.1 Å². The van der Waals surface area contributed by atoms with Gasteiger partial charge in [-0.3, -0.25) is 14.9 Å². The molecule has 18 heavy (non-hydrogen) atoms. The summed E-state index contributed by atoms with van der Waals surface area (Å²) in [7, 11) is 1.05. The SMILES string of the molecule is COC(=O)C(=O)Cc1ccc(C#N)cc1[N+](=O)[O-]. The van der Waals surface area contributed by atoms with E-state index in [4.69, 9.17) is 5.26 Å². The lowest BCUT2D eigenvalue weighted by Gasteiger charge is -2.02. The third-order valence-corrected chi connectivity index (χ3v) is 2.18. The van der Waals surface area contributed by atoms with Crippen LogP contribution in [0.15, 0.2) is 18.2 Å². The molecule has 0 fully saturated rings. The summed E-state index contributed by atoms with van der Waals surface area (Å²) in [5, 5.41) is 19.4. The molecule has 0 amide bonds. The van der Waals surface area contributed by atoms with Crippen LogP contribution in [0, 0.1) is 21.4 Å². The van der Waals surface area contributed by atoms with E-state index in [1.54, 1.807) is 6.07 Å². The van der Waals surface area contributed by atoms with Crippen molar-refractivity contribution in [2.75, 3.05) is 7.11 Å². The Kier molecular flexibility index (Phi) is 4.10. The molecule has 1 aromatic carbocycles. The van der Waals surface area contributed by atoms with Gasteiger partial charge in [-0.1, -0.05) is 6.07 Å². The molecular weight excluding hydrogens is 240 g/mol. The first-order valence-electron chi connectivity index (χ1n) is 4.78. The summed E-state index contributed by atoms with van der Waals surface area (Å²) in [6.07, 6.45) is -0.436. The van der Waals surface area contributed by atoms with Crippen molar-refractivity contribution >= 4 is 17.4 Å². The second-order valence-corrected chi connectivity index (χ2v) is 3.30. The maximum Gasteiger partial charge on any atom is 0.374 e. The molecule has 1 rings (SSSR count). The van der Waals surface area contributed by atoms with Gasteiger partial charge in [-0.2, -0.15) is 5.26 Å². The average molecular weight is 248 g/mol. The fourth-order valence-electron chi connectivity index (χ4n) is 1.31. The van der Waals surface area contributed by atoms with Gasteiger partial charge in [0.2, 0.25) is 5.78 Å². The number of methoxy groups -OCH3 is 1. The van der Waals surface area contributed by atoms with Gasteiger partial charge >= 0.3 is 5.97 Å². The molecule has 0 aromatic heterocycles. The maximum absolute atomic E-state index is 11.3. The molecule has 0 bridgehead atoms. The van der Waals surface area contributed by atoms with Crippen molar-refractivity contribution < 1.29 is 19.2 Å². The number of nitriles is 1. The summed E-state index contributed by atoms with van der Waals surface area (Å²) in [5.41, 5.74) is -0.198. The Labute approximate surface area is 102 Å². The lowest BCUT2D eigenvalue weighted by Crippen LogP contribution is -2.18. The molecule has 7 nitrogen and oxygen atoms in total. The minimum atomic E-state index is -1.06. The van der Waals surface area contributed by atoms with Crippen molar-refractivity contribution in [3.05, 3.63) is 39.4 Å². The van der Waals surface area contributed by atoms with Crippen molar-refractivity contribution in [2.24, 2.45) is 0 Å². The Balaban J connectivity index is 3.10. The van der Waals surface area contributed by atoms with Crippen LogP contribution < -0.4 is 0 Å². The fraction of sp³-hybridized carbons (Fsp3) is 0.182. The molecule has 92 valence electrons. The number of nitro groups is 1. The van der Waals surface area contributed by atoms with Crippen molar-refractivity contribution in [2.45, 2.75) is 6.42 Å². The molecule has 1 aromatic rings. The monoisotopic (exact) mass is 248 g/mol. The van der Waals surface area contributed by atoms with Gasteiger partial charge in [0.15, 0.2) is 0 Å².